The normalized spacial score (nSPS) is 17.3. The van der Waals surface area contributed by atoms with Gasteiger partial charge in [-0.1, -0.05) is 29.5 Å². The van der Waals surface area contributed by atoms with E-state index < -0.39 is 5.56 Å². The van der Waals surface area contributed by atoms with E-state index in [1.54, 1.807) is 6.08 Å². The van der Waals surface area contributed by atoms with Crippen molar-refractivity contribution in [2.24, 2.45) is 4.99 Å². The first-order chi connectivity index (χ1) is 15.0. The number of amides is 1. The minimum Gasteiger partial charge on any atom is -0.383 e. The molecule has 0 spiro atoms. The maximum atomic E-state index is 12.8. The van der Waals surface area contributed by atoms with Crippen LogP contribution in [-0.2, 0) is 11.2 Å². The number of aromatic nitrogens is 3. The zero-order valence-electron chi connectivity index (χ0n) is 17.2. The van der Waals surface area contributed by atoms with Gasteiger partial charge in [-0.15, -0.1) is 0 Å². The molecule has 1 aromatic carbocycles. The Bertz CT molecular complexity index is 1310. The lowest BCUT2D eigenvalue weighted by Gasteiger charge is -2.26. The van der Waals surface area contributed by atoms with Crippen molar-refractivity contribution in [3.63, 3.8) is 0 Å². The summed E-state index contributed by atoms with van der Waals surface area (Å²) in [5.41, 5.74) is 9.68. The van der Waals surface area contributed by atoms with Crippen LogP contribution in [0.15, 0.2) is 34.1 Å². The van der Waals surface area contributed by atoms with E-state index in [0.717, 1.165) is 48.5 Å². The summed E-state index contributed by atoms with van der Waals surface area (Å²) < 4.78 is 1.46. The predicted molar refractivity (Wildman–Crippen MR) is 123 cm³/mol. The highest BCUT2D eigenvalue weighted by Gasteiger charge is 2.22. The topological polar surface area (TPSA) is 106 Å². The molecule has 2 aliphatic heterocycles. The van der Waals surface area contributed by atoms with Crippen molar-refractivity contribution >= 4 is 51.1 Å². The number of nitrogen functional groups attached to an aromatic ring is 1. The molecule has 3 aromatic rings. The van der Waals surface area contributed by atoms with Crippen LogP contribution in [0.2, 0.25) is 0 Å². The number of likely N-dealkylation sites (tertiary alicyclic amines) is 1. The smallest absolute Gasteiger partial charge is 0.283 e. The summed E-state index contributed by atoms with van der Waals surface area (Å²) in [6, 6.07) is 7.76. The number of para-hydroxylation sites is 1. The van der Waals surface area contributed by atoms with Crippen molar-refractivity contribution in [3.05, 3.63) is 50.8 Å². The lowest BCUT2D eigenvalue weighted by Crippen LogP contribution is -2.36. The van der Waals surface area contributed by atoms with Crippen molar-refractivity contribution < 1.29 is 4.79 Å². The summed E-state index contributed by atoms with van der Waals surface area (Å²) in [7, 11) is 0. The van der Waals surface area contributed by atoms with Crippen LogP contribution in [0.4, 0.5) is 11.5 Å². The van der Waals surface area contributed by atoms with Crippen LogP contribution in [0.25, 0.3) is 16.6 Å². The van der Waals surface area contributed by atoms with Crippen molar-refractivity contribution in [2.75, 3.05) is 18.8 Å². The zero-order valence-corrected chi connectivity index (χ0v) is 18.0. The number of fused-ring (bicyclic) bond motifs is 2. The molecule has 158 valence electrons. The number of rotatable bonds is 3. The van der Waals surface area contributed by atoms with Crippen molar-refractivity contribution in [1.82, 2.24) is 19.5 Å². The molecule has 0 aliphatic carbocycles. The molecule has 0 unspecified atom stereocenters. The van der Waals surface area contributed by atoms with Gasteiger partial charge in [-0.3, -0.25) is 14.6 Å². The lowest BCUT2D eigenvalue weighted by atomic mass is 10.0. The van der Waals surface area contributed by atoms with Gasteiger partial charge in [0.15, 0.2) is 0 Å². The van der Waals surface area contributed by atoms with Crippen molar-refractivity contribution in [1.29, 1.82) is 0 Å². The maximum Gasteiger partial charge on any atom is 0.283 e. The Balaban J connectivity index is 1.50. The Hall–Kier alpha value is -3.33. The van der Waals surface area contributed by atoms with E-state index in [0.29, 0.717) is 9.97 Å². The predicted octanol–water partition coefficient (Wildman–Crippen LogP) is 2.93. The fourth-order valence-corrected chi connectivity index (χ4v) is 4.96. The fraction of sp³-hybridized carbons (Fsp3) is 0.318. The molecule has 5 rings (SSSR count). The molecule has 2 aliphatic rings. The number of carbonyl (C=O) groups excluding carboxylic acids is 1. The molecule has 31 heavy (non-hydrogen) atoms. The van der Waals surface area contributed by atoms with Gasteiger partial charge in [0.1, 0.15) is 10.8 Å². The highest BCUT2D eigenvalue weighted by atomic mass is 32.1. The van der Waals surface area contributed by atoms with E-state index in [1.165, 1.54) is 22.3 Å². The lowest BCUT2D eigenvalue weighted by molar-refractivity contribution is -0.131. The summed E-state index contributed by atoms with van der Waals surface area (Å²) in [6.07, 6.45) is 5.17. The number of nitrogens with two attached hydrogens (primary N) is 1. The second-order valence-electron chi connectivity index (χ2n) is 7.80. The van der Waals surface area contributed by atoms with Crippen LogP contribution in [-0.4, -0.2) is 44.2 Å². The first kappa shape index (κ1) is 19.6. The van der Waals surface area contributed by atoms with Crippen LogP contribution < -0.4 is 11.3 Å². The van der Waals surface area contributed by atoms with E-state index in [4.69, 9.17) is 5.73 Å². The minimum absolute atomic E-state index is 0.0528. The third-order valence-corrected chi connectivity index (χ3v) is 6.61. The molecular formula is C22H22N6O2S. The maximum absolute atomic E-state index is 12.8. The second kappa shape index (κ2) is 7.73. The molecule has 0 radical (unpaired) electrons. The number of benzene rings is 1. The second-order valence-corrected chi connectivity index (χ2v) is 8.84. The molecule has 0 bridgehead atoms. The number of allylic oxidation sites excluding steroid dienone is 1. The SMILES string of the molecule is CC1=Nc2ccccc2/C1=C\c1c(N)n2nc(CC(=O)N3CCCCC3)sc2nc1=O. The number of anilines is 1. The largest absolute Gasteiger partial charge is 0.383 e. The standard InChI is InChI=1S/C22H22N6O2S/c1-13-15(14-7-3-4-8-17(14)24-13)11-16-20(23)28-22(25-21(16)30)31-18(26-28)12-19(29)27-9-5-2-6-10-27/h3-4,7-8,11H,2,5-6,9-10,12,23H2,1H3/b15-11-. The molecule has 2 N–H and O–H groups in total. The van der Waals surface area contributed by atoms with Gasteiger partial charge in [0, 0.05) is 29.9 Å². The Morgan fingerprint density at radius 3 is 2.81 bits per heavy atom. The minimum atomic E-state index is -0.417. The zero-order chi connectivity index (χ0) is 21.5. The number of hydrogen-bond donors (Lipinski definition) is 1. The molecule has 0 atom stereocenters. The average Bonchev–Trinajstić information content (AvgIpc) is 3.31. The number of aliphatic imine (C=N–C) groups is 1. The molecule has 1 amide bonds. The Morgan fingerprint density at radius 2 is 2.00 bits per heavy atom. The highest BCUT2D eigenvalue weighted by Crippen LogP contribution is 2.35. The molecule has 9 heteroatoms. The molecule has 1 saturated heterocycles. The van der Waals surface area contributed by atoms with E-state index in [9.17, 15) is 9.59 Å². The van der Waals surface area contributed by atoms with Gasteiger partial charge in [-0.05, 0) is 38.3 Å². The third kappa shape index (κ3) is 3.54. The van der Waals surface area contributed by atoms with Crippen LogP contribution >= 0.6 is 11.3 Å². The quantitative estimate of drug-likeness (QED) is 0.682. The molecule has 8 nitrogen and oxygen atoms in total. The van der Waals surface area contributed by atoms with Gasteiger partial charge >= 0.3 is 0 Å². The molecular weight excluding hydrogens is 412 g/mol. The summed E-state index contributed by atoms with van der Waals surface area (Å²) in [6.45, 7) is 3.49. The number of piperidine rings is 1. The van der Waals surface area contributed by atoms with Crippen LogP contribution in [0.1, 0.15) is 42.3 Å². The van der Waals surface area contributed by atoms with Gasteiger partial charge in [0.25, 0.3) is 5.56 Å². The Morgan fingerprint density at radius 1 is 1.23 bits per heavy atom. The van der Waals surface area contributed by atoms with Gasteiger partial charge in [-0.2, -0.15) is 14.6 Å². The Labute approximate surface area is 182 Å². The summed E-state index contributed by atoms with van der Waals surface area (Å²) in [4.78, 5) is 36.3. The third-order valence-electron chi connectivity index (χ3n) is 5.71. The average molecular weight is 435 g/mol. The van der Waals surface area contributed by atoms with Crippen LogP contribution in [0.3, 0.4) is 0 Å². The van der Waals surface area contributed by atoms with E-state index >= 15 is 0 Å². The summed E-state index contributed by atoms with van der Waals surface area (Å²) in [5.74, 6) is 0.268. The molecule has 4 heterocycles. The van der Waals surface area contributed by atoms with Gasteiger partial charge in [0.05, 0.1) is 17.7 Å². The number of nitrogens with zero attached hydrogens (tertiary/aromatic N) is 5. The van der Waals surface area contributed by atoms with Crippen molar-refractivity contribution in [2.45, 2.75) is 32.6 Å². The monoisotopic (exact) mass is 434 g/mol. The van der Waals surface area contributed by atoms with Gasteiger partial charge in [-0.25, -0.2) is 0 Å². The van der Waals surface area contributed by atoms with Crippen LogP contribution in [0.5, 0.6) is 0 Å². The molecule has 1 fully saturated rings. The van der Waals surface area contributed by atoms with Gasteiger partial charge in [0.2, 0.25) is 10.9 Å². The first-order valence-electron chi connectivity index (χ1n) is 10.3. The fourth-order valence-electron chi connectivity index (χ4n) is 4.07. The molecule has 2 aromatic heterocycles. The number of carbonyl (C=O) groups is 1. The van der Waals surface area contributed by atoms with E-state index in [-0.39, 0.29) is 23.7 Å². The summed E-state index contributed by atoms with van der Waals surface area (Å²) >= 11 is 1.23. The molecule has 0 saturated carbocycles. The Kier molecular flexibility index (Phi) is 4.90. The summed E-state index contributed by atoms with van der Waals surface area (Å²) in [5, 5.41) is 5.09. The van der Waals surface area contributed by atoms with Crippen LogP contribution in [0, 0.1) is 0 Å². The van der Waals surface area contributed by atoms with Gasteiger partial charge < -0.3 is 10.6 Å². The van der Waals surface area contributed by atoms with E-state index in [2.05, 4.69) is 15.1 Å². The first-order valence-corrected chi connectivity index (χ1v) is 11.2. The van der Waals surface area contributed by atoms with E-state index in [1.807, 2.05) is 36.1 Å². The van der Waals surface area contributed by atoms with Crippen molar-refractivity contribution in [3.8, 4) is 0 Å². The highest BCUT2D eigenvalue weighted by molar-refractivity contribution is 7.16. The number of hydrogen-bond acceptors (Lipinski definition) is 7.